The van der Waals surface area contributed by atoms with Crippen molar-refractivity contribution in [1.29, 1.82) is 0 Å². The van der Waals surface area contributed by atoms with Crippen LogP contribution >= 0.6 is 0 Å². The van der Waals surface area contributed by atoms with Crippen molar-refractivity contribution in [1.82, 2.24) is 0 Å². The molecule has 0 saturated heterocycles. The minimum atomic E-state index is -1.37. The molecule has 3 aromatic rings. The van der Waals surface area contributed by atoms with E-state index in [-0.39, 0.29) is 17.1 Å². The van der Waals surface area contributed by atoms with E-state index in [4.69, 9.17) is 9.15 Å². The summed E-state index contributed by atoms with van der Waals surface area (Å²) < 4.78 is 51.2. The van der Waals surface area contributed by atoms with E-state index in [2.05, 4.69) is 0 Å². The predicted octanol–water partition coefficient (Wildman–Crippen LogP) is 4.55. The van der Waals surface area contributed by atoms with E-state index in [9.17, 15) is 22.8 Å². The molecule has 28 heavy (non-hydrogen) atoms. The third kappa shape index (κ3) is 4.06. The van der Waals surface area contributed by atoms with Gasteiger partial charge in [-0.25, -0.2) is 18.0 Å². The normalized spacial score (nSPS) is 11.7. The molecule has 0 radical (unpaired) electrons. The molecule has 1 heterocycles. The monoisotopic (exact) mass is 389 g/mol. The Morgan fingerprint density at radius 1 is 0.929 bits per heavy atom. The number of hydrogen-bond donors (Lipinski definition) is 1. The number of carbonyl (C=O) groups excluding carboxylic acids is 2. The van der Waals surface area contributed by atoms with Gasteiger partial charge in [-0.15, -0.1) is 0 Å². The van der Waals surface area contributed by atoms with E-state index in [0.29, 0.717) is 0 Å². The zero-order valence-electron chi connectivity index (χ0n) is 14.5. The molecule has 2 aromatic carbocycles. The van der Waals surface area contributed by atoms with Crippen molar-refractivity contribution in [3.05, 3.63) is 77.8 Å². The summed E-state index contributed by atoms with van der Waals surface area (Å²) in [5, 5.41) is 2.03. The molecule has 0 spiro atoms. The summed E-state index contributed by atoms with van der Waals surface area (Å²) in [6, 6.07) is 11.6. The Kier molecular flexibility index (Phi) is 5.49. The van der Waals surface area contributed by atoms with Crippen LogP contribution in [-0.4, -0.2) is 18.0 Å². The molecular formula is C20H14F3NO4. The quantitative estimate of drug-likeness (QED) is 0.650. The average Bonchev–Trinajstić information content (AvgIpc) is 3.15. The molecule has 1 N–H and O–H groups in total. The third-order valence-corrected chi connectivity index (χ3v) is 3.81. The number of halogens is 3. The Bertz CT molecular complexity index is 1010. The summed E-state index contributed by atoms with van der Waals surface area (Å²) in [6.45, 7) is 1.23. The fourth-order valence-corrected chi connectivity index (χ4v) is 2.37. The highest BCUT2D eigenvalue weighted by Crippen LogP contribution is 2.25. The molecule has 144 valence electrons. The van der Waals surface area contributed by atoms with Crippen LogP contribution in [0.3, 0.4) is 0 Å². The molecule has 0 aliphatic heterocycles. The van der Waals surface area contributed by atoms with Gasteiger partial charge < -0.3 is 14.5 Å². The second kappa shape index (κ2) is 7.99. The van der Waals surface area contributed by atoms with E-state index in [1.54, 1.807) is 6.07 Å². The Balaban J connectivity index is 1.68. The number of carbonyl (C=O) groups is 2. The first-order chi connectivity index (χ1) is 13.4. The second-order valence-electron chi connectivity index (χ2n) is 5.78. The zero-order chi connectivity index (χ0) is 20.3. The number of esters is 1. The van der Waals surface area contributed by atoms with Gasteiger partial charge in [-0.2, -0.15) is 0 Å². The molecular weight excluding hydrogens is 375 g/mol. The van der Waals surface area contributed by atoms with Crippen LogP contribution in [0.25, 0.3) is 11.3 Å². The number of benzene rings is 2. The van der Waals surface area contributed by atoms with Gasteiger partial charge >= 0.3 is 5.97 Å². The van der Waals surface area contributed by atoms with Crippen molar-refractivity contribution < 1.29 is 31.9 Å². The molecule has 0 fully saturated rings. The molecule has 1 unspecified atom stereocenters. The van der Waals surface area contributed by atoms with Crippen molar-refractivity contribution in [2.24, 2.45) is 0 Å². The van der Waals surface area contributed by atoms with Crippen LogP contribution in [-0.2, 0) is 9.53 Å². The maximum absolute atomic E-state index is 13.8. The minimum absolute atomic E-state index is 0.107. The van der Waals surface area contributed by atoms with Gasteiger partial charge in [0.05, 0.1) is 5.56 Å². The van der Waals surface area contributed by atoms with Gasteiger partial charge in [0, 0.05) is 0 Å². The van der Waals surface area contributed by atoms with Crippen LogP contribution in [0.2, 0.25) is 0 Å². The van der Waals surface area contributed by atoms with Crippen molar-refractivity contribution in [2.75, 3.05) is 5.32 Å². The summed E-state index contributed by atoms with van der Waals surface area (Å²) in [5.74, 6) is -4.53. The van der Waals surface area contributed by atoms with E-state index in [1.807, 2.05) is 5.32 Å². The Morgan fingerprint density at radius 2 is 1.57 bits per heavy atom. The molecule has 8 heteroatoms. The molecule has 1 amide bonds. The number of rotatable bonds is 5. The number of para-hydroxylation sites is 1. The Labute approximate surface area is 157 Å². The van der Waals surface area contributed by atoms with Crippen LogP contribution in [0.15, 0.2) is 59.0 Å². The first-order valence-electron chi connectivity index (χ1n) is 8.17. The molecule has 0 bridgehead atoms. The van der Waals surface area contributed by atoms with Gasteiger partial charge in [0.15, 0.2) is 6.10 Å². The van der Waals surface area contributed by atoms with Crippen LogP contribution in [0, 0.1) is 17.5 Å². The highest BCUT2D eigenvalue weighted by Gasteiger charge is 2.23. The number of hydrogen-bond acceptors (Lipinski definition) is 4. The van der Waals surface area contributed by atoms with E-state index >= 15 is 0 Å². The highest BCUT2D eigenvalue weighted by molar-refractivity contribution is 5.96. The smallest absolute Gasteiger partial charge is 0.375 e. The van der Waals surface area contributed by atoms with E-state index < -0.39 is 41.1 Å². The third-order valence-electron chi connectivity index (χ3n) is 3.81. The fourth-order valence-electron chi connectivity index (χ4n) is 2.37. The Hall–Kier alpha value is -3.55. The summed E-state index contributed by atoms with van der Waals surface area (Å²) >= 11 is 0. The maximum Gasteiger partial charge on any atom is 0.375 e. The van der Waals surface area contributed by atoms with Crippen LogP contribution in [0.1, 0.15) is 17.5 Å². The molecule has 0 saturated carbocycles. The standard InChI is InChI=1S/C20H14F3NO4/c1-11(19(25)24-18-14(22)7-4-8-15(18)23)27-20(26)17-10-9-16(28-17)12-5-2-3-6-13(12)21/h2-11H,1H3,(H,24,25). The lowest BCUT2D eigenvalue weighted by Crippen LogP contribution is -2.30. The number of nitrogens with one attached hydrogen (secondary N) is 1. The van der Waals surface area contributed by atoms with Gasteiger partial charge in [0.2, 0.25) is 5.76 Å². The highest BCUT2D eigenvalue weighted by atomic mass is 19.1. The van der Waals surface area contributed by atoms with E-state index in [1.165, 1.54) is 37.3 Å². The molecule has 5 nitrogen and oxygen atoms in total. The lowest BCUT2D eigenvalue weighted by molar-refractivity contribution is -0.123. The largest absolute Gasteiger partial charge is 0.449 e. The van der Waals surface area contributed by atoms with Crippen molar-refractivity contribution in [2.45, 2.75) is 13.0 Å². The molecule has 0 aliphatic rings. The topological polar surface area (TPSA) is 68.5 Å². The predicted molar refractivity (Wildman–Crippen MR) is 94.0 cm³/mol. The fraction of sp³-hybridized carbons (Fsp3) is 0.100. The lowest BCUT2D eigenvalue weighted by atomic mass is 10.1. The number of amides is 1. The first-order valence-corrected chi connectivity index (χ1v) is 8.17. The number of ether oxygens (including phenoxy) is 1. The average molecular weight is 389 g/mol. The van der Waals surface area contributed by atoms with E-state index in [0.717, 1.165) is 18.2 Å². The van der Waals surface area contributed by atoms with Gasteiger partial charge in [-0.3, -0.25) is 4.79 Å². The van der Waals surface area contributed by atoms with Crippen LogP contribution in [0.5, 0.6) is 0 Å². The first kappa shape index (κ1) is 19.2. The molecule has 1 aromatic heterocycles. The second-order valence-corrected chi connectivity index (χ2v) is 5.78. The van der Waals surface area contributed by atoms with Gasteiger partial charge in [0.1, 0.15) is 28.9 Å². The van der Waals surface area contributed by atoms with Gasteiger partial charge in [-0.05, 0) is 43.3 Å². The molecule has 3 rings (SSSR count). The number of anilines is 1. The Morgan fingerprint density at radius 3 is 2.25 bits per heavy atom. The van der Waals surface area contributed by atoms with Crippen molar-refractivity contribution >= 4 is 17.6 Å². The lowest BCUT2D eigenvalue weighted by Gasteiger charge is -2.13. The van der Waals surface area contributed by atoms with Crippen molar-refractivity contribution in [3.8, 4) is 11.3 Å². The SMILES string of the molecule is CC(OC(=O)c1ccc(-c2ccccc2F)o1)C(=O)Nc1c(F)cccc1F. The molecule has 1 atom stereocenters. The zero-order valence-corrected chi connectivity index (χ0v) is 14.5. The van der Waals surface area contributed by atoms with Crippen LogP contribution in [0.4, 0.5) is 18.9 Å². The van der Waals surface area contributed by atoms with Crippen molar-refractivity contribution in [3.63, 3.8) is 0 Å². The minimum Gasteiger partial charge on any atom is -0.449 e. The number of furan rings is 1. The summed E-state index contributed by atoms with van der Waals surface area (Å²) in [7, 11) is 0. The molecule has 0 aliphatic carbocycles. The summed E-state index contributed by atoms with van der Waals surface area (Å²) in [6.07, 6.45) is -1.37. The summed E-state index contributed by atoms with van der Waals surface area (Å²) in [5.41, 5.74) is -0.488. The summed E-state index contributed by atoms with van der Waals surface area (Å²) in [4.78, 5) is 24.2. The van der Waals surface area contributed by atoms with Gasteiger partial charge in [-0.1, -0.05) is 18.2 Å². The van der Waals surface area contributed by atoms with Crippen LogP contribution < -0.4 is 5.32 Å². The maximum atomic E-state index is 13.8. The van der Waals surface area contributed by atoms with Gasteiger partial charge in [0.25, 0.3) is 5.91 Å².